The van der Waals surface area contributed by atoms with Gasteiger partial charge in [0.2, 0.25) is 0 Å². The number of H-pyrrole nitrogens is 2. The summed E-state index contributed by atoms with van der Waals surface area (Å²) in [5, 5.41) is 0. The predicted octanol–water partition coefficient (Wildman–Crippen LogP) is 7.14. The highest BCUT2D eigenvalue weighted by molar-refractivity contribution is 5.91. The minimum atomic E-state index is -4.70. The van der Waals surface area contributed by atoms with Gasteiger partial charge in [0, 0.05) is 18.0 Å². The van der Waals surface area contributed by atoms with Crippen molar-refractivity contribution >= 4 is 18.6 Å². The van der Waals surface area contributed by atoms with Crippen LogP contribution in [-0.2, 0) is 0 Å². The number of ether oxygens (including phenoxy) is 1. The van der Waals surface area contributed by atoms with Crippen LogP contribution in [0.5, 0.6) is 5.75 Å². The van der Waals surface area contributed by atoms with Crippen LogP contribution in [0.2, 0.25) is 0 Å². The summed E-state index contributed by atoms with van der Waals surface area (Å²) in [4.78, 5) is 11.4. The average Bonchev–Trinajstić information content (AvgIpc) is 3.31. The fourth-order valence-corrected chi connectivity index (χ4v) is 3.88. The van der Waals surface area contributed by atoms with Crippen molar-refractivity contribution in [3.63, 3.8) is 0 Å². The highest BCUT2D eigenvalue weighted by Gasteiger charge is 2.31. The quantitative estimate of drug-likeness (QED) is 0.314. The molecule has 1 fully saturated rings. The van der Waals surface area contributed by atoms with Crippen LogP contribution in [0, 0.1) is 0 Å². The smallest absolute Gasteiger partial charge is 0.406 e. The highest BCUT2D eigenvalue weighted by atomic mass is 35.5. The lowest BCUT2D eigenvalue weighted by Gasteiger charge is -2.09. The van der Waals surface area contributed by atoms with Crippen LogP contribution in [0.15, 0.2) is 53.7 Å². The van der Waals surface area contributed by atoms with Crippen molar-refractivity contribution in [2.45, 2.75) is 50.9 Å². The lowest BCUT2D eigenvalue weighted by atomic mass is 10.1. The fraction of sp³-hybridized carbons (Fsp3) is 0.348. The Morgan fingerprint density at radius 3 is 2.29 bits per heavy atom. The summed E-state index contributed by atoms with van der Waals surface area (Å²) in [7, 11) is 0. The Kier molecular flexibility index (Phi) is 7.49. The van der Waals surface area contributed by atoms with Crippen molar-refractivity contribution in [2.75, 3.05) is 0 Å². The maximum atomic E-state index is 12.4. The number of nitrogens with zero attached hydrogens (tertiary/aromatic N) is 1. The molecule has 0 aliphatic heterocycles. The molecule has 2 aromatic heterocycles. The zero-order chi connectivity index (χ0) is 21.0. The molecule has 2 N–H and O–H groups in total. The van der Waals surface area contributed by atoms with Gasteiger partial charge in [-0.1, -0.05) is 37.8 Å². The van der Waals surface area contributed by atoms with Gasteiger partial charge >= 0.3 is 6.36 Å². The standard InChI is InChI=1S/C23H24F3N3O.ClH/c24-23(25,26)30-18-11-9-16(10-12-18)19-14-21(20-8-5-13-27-20)29-22(19)15-28-17-6-3-1-2-4-7-17;/h5,8-15,17,27,29H,1-4,6-7H2;1H. The molecule has 0 saturated heterocycles. The molecule has 31 heavy (non-hydrogen) atoms. The van der Waals surface area contributed by atoms with Crippen LogP contribution in [0.4, 0.5) is 13.2 Å². The highest BCUT2D eigenvalue weighted by Crippen LogP contribution is 2.31. The SMILES string of the molecule is Cl.FC(F)(F)Oc1ccc(-c2cc(-c3ccc[nH]3)[nH]c2C=NC2CCCCCC2)cc1. The van der Waals surface area contributed by atoms with E-state index in [4.69, 9.17) is 4.99 Å². The van der Waals surface area contributed by atoms with E-state index >= 15 is 0 Å². The average molecular weight is 452 g/mol. The zero-order valence-electron chi connectivity index (χ0n) is 16.9. The minimum absolute atomic E-state index is 0. The van der Waals surface area contributed by atoms with Crippen LogP contribution in [0.25, 0.3) is 22.5 Å². The summed E-state index contributed by atoms with van der Waals surface area (Å²) in [6.07, 6.45) is 6.15. The minimum Gasteiger partial charge on any atom is -0.406 e. The van der Waals surface area contributed by atoms with Crippen molar-refractivity contribution in [1.29, 1.82) is 0 Å². The van der Waals surface area contributed by atoms with Crippen LogP contribution in [0.3, 0.4) is 0 Å². The summed E-state index contributed by atoms with van der Waals surface area (Å²) in [6.45, 7) is 0. The molecule has 0 bridgehead atoms. The Hall–Kier alpha value is -2.67. The Bertz CT molecular complexity index is 971. The third-order valence-corrected chi connectivity index (χ3v) is 5.37. The van der Waals surface area contributed by atoms with Gasteiger partial charge in [0.15, 0.2) is 0 Å². The molecule has 1 aliphatic carbocycles. The number of rotatable bonds is 5. The van der Waals surface area contributed by atoms with E-state index in [0.29, 0.717) is 6.04 Å². The van der Waals surface area contributed by atoms with Gasteiger partial charge in [0.1, 0.15) is 5.75 Å². The Labute approximate surface area is 185 Å². The molecule has 166 valence electrons. The predicted molar refractivity (Wildman–Crippen MR) is 119 cm³/mol. The molecule has 1 aromatic carbocycles. The third-order valence-electron chi connectivity index (χ3n) is 5.37. The van der Waals surface area contributed by atoms with Crippen molar-refractivity contribution in [3.8, 4) is 28.3 Å². The van der Waals surface area contributed by atoms with Gasteiger partial charge in [-0.05, 0) is 48.7 Å². The normalized spacial score (nSPS) is 15.6. The van der Waals surface area contributed by atoms with Crippen LogP contribution >= 0.6 is 12.4 Å². The molecule has 0 unspecified atom stereocenters. The number of halogens is 4. The first-order valence-corrected chi connectivity index (χ1v) is 10.2. The summed E-state index contributed by atoms with van der Waals surface area (Å²) < 4.78 is 41.3. The molecule has 3 aromatic rings. The maximum absolute atomic E-state index is 12.4. The number of aromatic nitrogens is 2. The van der Waals surface area contributed by atoms with Gasteiger partial charge in [-0.2, -0.15) is 0 Å². The molecule has 0 radical (unpaired) electrons. The second-order valence-corrected chi connectivity index (χ2v) is 7.59. The second kappa shape index (κ2) is 10.1. The first-order valence-electron chi connectivity index (χ1n) is 10.2. The number of hydrogen-bond acceptors (Lipinski definition) is 2. The van der Waals surface area contributed by atoms with E-state index in [-0.39, 0.29) is 18.2 Å². The van der Waals surface area contributed by atoms with Gasteiger partial charge in [-0.25, -0.2) is 0 Å². The molecular formula is C23H25ClF3N3O. The van der Waals surface area contributed by atoms with Crippen LogP contribution < -0.4 is 4.74 Å². The fourth-order valence-electron chi connectivity index (χ4n) is 3.88. The number of aliphatic imine (C=N–C) groups is 1. The number of alkyl halides is 3. The number of aromatic amines is 2. The van der Waals surface area contributed by atoms with E-state index in [2.05, 4.69) is 14.7 Å². The summed E-state index contributed by atoms with van der Waals surface area (Å²) in [5.74, 6) is -0.236. The van der Waals surface area contributed by atoms with Gasteiger partial charge in [-0.3, -0.25) is 4.99 Å². The van der Waals surface area contributed by atoms with Gasteiger partial charge in [0.25, 0.3) is 0 Å². The Balaban J connectivity index is 0.00000272. The van der Waals surface area contributed by atoms with Gasteiger partial charge in [0.05, 0.1) is 23.1 Å². The lowest BCUT2D eigenvalue weighted by molar-refractivity contribution is -0.274. The molecule has 4 nitrogen and oxygen atoms in total. The van der Waals surface area contributed by atoms with Crippen molar-refractivity contribution in [1.82, 2.24) is 9.97 Å². The molecular weight excluding hydrogens is 427 g/mol. The first-order chi connectivity index (χ1) is 14.5. The molecule has 0 atom stereocenters. The molecule has 1 saturated carbocycles. The Morgan fingerprint density at radius 2 is 1.68 bits per heavy atom. The van der Waals surface area contributed by atoms with Crippen LogP contribution in [0.1, 0.15) is 44.2 Å². The van der Waals surface area contributed by atoms with E-state index in [0.717, 1.165) is 41.1 Å². The van der Waals surface area contributed by atoms with Gasteiger partial charge in [-0.15, -0.1) is 25.6 Å². The molecule has 0 spiro atoms. The van der Waals surface area contributed by atoms with Gasteiger partial charge < -0.3 is 14.7 Å². The molecule has 2 heterocycles. The van der Waals surface area contributed by atoms with Crippen molar-refractivity contribution in [3.05, 3.63) is 54.4 Å². The second-order valence-electron chi connectivity index (χ2n) is 7.59. The summed E-state index contributed by atoms with van der Waals surface area (Å²) in [6, 6.07) is 12.1. The number of nitrogens with one attached hydrogen (secondary N) is 2. The number of benzene rings is 1. The first kappa shape index (κ1) is 23.0. The molecule has 0 amide bonds. The molecule has 8 heteroatoms. The summed E-state index contributed by atoms with van der Waals surface area (Å²) in [5.41, 5.74) is 4.35. The molecule has 1 aliphatic rings. The van der Waals surface area contributed by atoms with E-state index < -0.39 is 6.36 Å². The maximum Gasteiger partial charge on any atom is 0.573 e. The monoisotopic (exact) mass is 451 g/mol. The molecule has 4 rings (SSSR count). The third kappa shape index (κ3) is 6.17. The van der Waals surface area contributed by atoms with E-state index in [1.807, 2.05) is 30.6 Å². The summed E-state index contributed by atoms with van der Waals surface area (Å²) >= 11 is 0. The van der Waals surface area contributed by atoms with Crippen molar-refractivity contribution in [2.24, 2.45) is 4.99 Å². The topological polar surface area (TPSA) is 53.2 Å². The van der Waals surface area contributed by atoms with Crippen LogP contribution in [-0.4, -0.2) is 28.6 Å². The Morgan fingerprint density at radius 1 is 0.968 bits per heavy atom. The lowest BCUT2D eigenvalue weighted by Crippen LogP contribution is -2.16. The largest absolute Gasteiger partial charge is 0.573 e. The van der Waals surface area contributed by atoms with E-state index in [1.165, 1.54) is 37.8 Å². The van der Waals surface area contributed by atoms with Crippen molar-refractivity contribution < 1.29 is 17.9 Å². The zero-order valence-corrected chi connectivity index (χ0v) is 17.7. The number of hydrogen-bond donors (Lipinski definition) is 2. The van der Waals surface area contributed by atoms with E-state index in [1.54, 1.807) is 12.1 Å². The van der Waals surface area contributed by atoms with E-state index in [9.17, 15) is 13.2 Å².